The van der Waals surface area contributed by atoms with Crippen LogP contribution in [0.3, 0.4) is 0 Å². The molecule has 9 nitrogen and oxygen atoms in total. The molecule has 2 aliphatic rings. The van der Waals surface area contributed by atoms with Crippen molar-refractivity contribution < 1.29 is 13.7 Å². The van der Waals surface area contributed by atoms with E-state index < -0.39 is 12.9 Å². The molecule has 0 aromatic carbocycles. The summed E-state index contributed by atoms with van der Waals surface area (Å²) in [6, 6.07) is 3.55. The van der Waals surface area contributed by atoms with E-state index in [0.29, 0.717) is 5.82 Å². The van der Waals surface area contributed by atoms with E-state index in [1.807, 2.05) is 32.3 Å². The summed E-state index contributed by atoms with van der Waals surface area (Å²) in [5.41, 5.74) is 3.65. The number of carbonyl (C=O) groups is 2. The maximum absolute atomic E-state index is 12.9. The molecule has 3 aromatic heterocycles. The fourth-order valence-electron chi connectivity index (χ4n) is 4.16. The van der Waals surface area contributed by atoms with Gasteiger partial charge in [-0.3, -0.25) is 9.59 Å². The second kappa shape index (κ2) is 8.35. The minimum atomic E-state index is -2.68. The Labute approximate surface area is 206 Å². The van der Waals surface area contributed by atoms with Crippen molar-refractivity contribution in [2.75, 3.05) is 29.6 Å². The second-order valence-corrected chi connectivity index (χ2v) is 9.93. The molecule has 0 radical (unpaired) electrons. The smallest absolute Gasteiger partial charge is 0.254 e. The van der Waals surface area contributed by atoms with Crippen molar-refractivity contribution in [3.63, 3.8) is 0 Å². The zero-order chi connectivity index (χ0) is 26.6. The number of carbonyl (C=O) groups excluding carboxylic acids is 2. The number of hydrogen-bond acceptors (Lipinski definition) is 8. The van der Waals surface area contributed by atoms with Gasteiger partial charge < -0.3 is 20.9 Å². The summed E-state index contributed by atoms with van der Waals surface area (Å²) in [5, 5.41) is 9.00. The summed E-state index contributed by atoms with van der Waals surface area (Å²) in [6.07, 6.45) is 2.92. The number of anilines is 4. The average molecular weight is 481 g/mol. The van der Waals surface area contributed by atoms with Crippen LogP contribution >= 0.6 is 11.3 Å². The molecule has 5 rings (SSSR count). The molecule has 34 heavy (non-hydrogen) atoms. The van der Waals surface area contributed by atoms with Crippen LogP contribution in [0.2, 0.25) is 0 Å². The number of hydrogen-bond donors (Lipinski definition) is 3. The largest absolute Gasteiger partial charge is 0.363 e. The Morgan fingerprint density at radius 3 is 2.76 bits per heavy atom. The van der Waals surface area contributed by atoms with Crippen LogP contribution < -0.4 is 20.9 Å². The number of aryl methyl sites for hydroxylation is 2. The Morgan fingerprint density at radius 2 is 2.03 bits per heavy atom. The Morgan fingerprint density at radius 1 is 1.24 bits per heavy atom. The van der Waals surface area contributed by atoms with E-state index in [-0.39, 0.29) is 34.9 Å². The van der Waals surface area contributed by atoms with Crippen LogP contribution in [0, 0.1) is 19.8 Å². The van der Waals surface area contributed by atoms with Gasteiger partial charge in [-0.25, -0.2) is 15.0 Å². The Kier molecular flexibility index (Phi) is 4.63. The third-order valence-electron chi connectivity index (χ3n) is 6.16. The molecule has 1 saturated carbocycles. The van der Waals surface area contributed by atoms with Crippen LogP contribution in [-0.4, -0.2) is 40.8 Å². The Hall–Kier alpha value is -3.53. The van der Waals surface area contributed by atoms with Crippen molar-refractivity contribution >= 4 is 46.2 Å². The molecule has 0 unspecified atom stereocenters. The summed E-state index contributed by atoms with van der Waals surface area (Å²) in [4.78, 5) is 42.2. The van der Waals surface area contributed by atoms with E-state index >= 15 is 0 Å². The molecule has 0 bridgehead atoms. The van der Waals surface area contributed by atoms with E-state index in [4.69, 9.17) is 14.1 Å². The third-order valence-corrected chi connectivity index (χ3v) is 7.30. The molecular formula is C24H27N7O2S. The van der Waals surface area contributed by atoms with Crippen LogP contribution in [-0.2, 0) is 4.79 Å². The van der Waals surface area contributed by atoms with Crippen LogP contribution in [0.15, 0.2) is 18.3 Å². The van der Waals surface area contributed by atoms with E-state index in [0.717, 1.165) is 45.4 Å². The fraction of sp³-hybridized carbons (Fsp3) is 0.375. The zero-order valence-corrected chi connectivity index (χ0v) is 20.1. The lowest BCUT2D eigenvalue weighted by atomic mass is 9.99. The lowest BCUT2D eigenvalue weighted by Gasteiger charge is -2.34. The van der Waals surface area contributed by atoms with Gasteiger partial charge in [0.05, 0.1) is 38.6 Å². The highest BCUT2D eigenvalue weighted by Crippen LogP contribution is 2.49. The van der Waals surface area contributed by atoms with Gasteiger partial charge in [0.15, 0.2) is 5.82 Å². The summed E-state index contributed by atoms with van der Waals surface area (Å²) in [7, 11) is 1.97. The molecule has 1 aliphatic heterocycles. The molecule has 2 amide bonds. The molecule has 176 valence electrons. The van der Waals surface area contributed by atoms with Crippen molar-refractivity contribution in [1.29, 1.82) is 0 Å². The van der Waals surface area contributed by atoms with Crippen molar-refractivity contribution in [3.05, 3.63) is 39.5 Å². The maximum atomic E-state index is 12.9. The van der Waals surface area contributed by atoms with Crippen molar-refractivity contribution in [1.82, 2.24) is 20.3 Å². The van der Waals surface area contributed by atoms with Crippen molar-refractivity contribution in [2.45, 2.75) is 39.7 Å². The zero-order valence-electron chi connectivity index (χ0n) is 22.3. The number of nitrogens with zero attached hydrogens (tertiary/aromatic N) is 4. The fourth-order valence-corrected chi connectivity index (χ4v) is 5.19. The Balaban J connectivity index is 1.60. The Bertz CT molecular complexity index is 1420. The second-order valence-electron chi connectivity index (χ2n) is 8.70. The predicted octanol–water partition coefficient (Wildman–Crippen LogP) is 4.18. The van der Waals surface area contributed by atoms with E-state index in [9.17, 15) is 9.59 Å². The number of aromatic nitrogens is 3. The van der Waals surface area contributed by atoms with Gasteiger partial charge >= 0.3 is 0 Å². The van der Waals surface area contributed by atoms with E-state index in [1.165, 1.54) is 12.3 Å². The average Bonchev–Trinajstić information content (AvgIpc) is 3.57. The molecule has 1 fully saturated rings. The topological polar surface area (TPSA) is 112 Å². The molecule has 3 N–H and O–H groups in total. The van der Waals surface area contributed by atoms with Crippen LogP contribution in [0.4, 0.5) is 23.0 Å². The SMILES string of the molecule is [2H]C([2H])([2H])NC(=O)c1cnc(NC(=O)C2CC2)cc1Nc1nc(C)cc2c1N(C)[C@@H](C)c1sc(C)nc1-2. The van der Waals surface area contributed by atoms with Gasteiger partial charge in [0.25, 0.3) is 5.91 Å². The van der Waals surface area contributed by atoms with Crippen molar-refractivity contribution in [2.24, 2.45) is 5.92 Å². The molecule has 3 aromatic rings. The first kappa shape index (κ1) is 18.8. The molecule has 0 spiro atoms. The molecule has 1 atom stereocenters. The lowest BCUT2D eigenvalue weighted by Crippen LogP contribution is -2.27. The summed E-state index contributed by atoms with van der Waals surface area (Å²) in [6.45, 7) is 3.27. The number of pyridine rings is 2. The minimum Gasteiger partial charge on any atom is -0.363 e. The van der Waals surface area contributed by atoms with Gasteiger partial charge in [-0.1, -0.05) is 0 Å². The lowest BCUT2D eigenvalue weighted by molar-refractivity contribution is -0.117. The molecule has 4 heterocycles. The first-order valence-electron chi connectivity index (χ1n) is 12.5. The summed E-state index contributed by atoms with van der Waals surface area (Å²) >= 11 is 1.66. The normalized spacial score (nSPS) is 18.2. The predicted molar refractivity (Wildman–Crippen MR) is 134 cm³/mol. The minimum absolute atomic E-state index is 0.00862. The molecule has 1 aliphatic carbocycles. The van der Waals surface area contributed by atoms with Crippen LogP contribution in [0.5, 0.6) is 0 Å². The standard InChI is InChI=1S/C24H27N7O2S/c1-11-8-15-19-21(34-13(3)28-19)12(2)31(5)20(15)22(27-11)29-17-9-18(30-23(32)14-6-7-14)26-10-16(17)24(33)25-4/h8-10,12,14H,6-7H2,1-5H3,(H,25,33)(H2,26,27,29,30,32)/t12-/m0/s1/i4D3. The van der Waals surface area contributed by atoms with E-state index in [1.54, 1.807) is 11.3 Å². The van der Waals surface area contributed by atoms with Crippen LogP contribution in [0.1, 0.15) is 55.9 Å². The summed E-state index contributed by atoms with van der Waals surface area (Å²) < 4.78 is 22.3. The molecular weight excluding hydrogens is 450 g/mol. The quantitative estimate of drug-likeness (QED) is 0.502. The van der Waals surface area contributed by atoms with Gasteiger partial charge in [0, 0.05) is 47.6 Å². The highest BCUT2D eigenvalue weighted by atomic mass is 32.1. The van der Waals surface area contributed by atoms with Crippen LogP contribution in [0.25, 0.3) is 11.3 Å². The molecule has 0 saturated heterocycles. The first-order valence-corrected chi connectivity index (χ1v) is 11.9. The van der Waals surface area contributed by atoms with Gasteiger partial charge in [0.2, 0.25) is 5.91 Å². The van der Waals surface area contributed by atoms with Gasteiger partial charge in [0.1, 0.15) is 5.82 Å². The highest BCUT2D eigenvalue weighted by Gasteiger charge is 2.33. The highest BCUT2D eigenvalue weighted by molar-refractivity contribution is 7.12. The van der Waals surface area contributed by atoms with Crippen molar-refractivity contribution in [3.8, 4) is 11.3 Å². The number of nitrogens with one attached hydrogen (secondary N) is 3. The number of rotatable bonds is 5. The van der Waals surface area contributed by atoms with Gasteiger partial charge in [-0.2, -0.15) is 0 Å². The molecule has 10 heteroatoms. The van der Waals surface area contributed by atoms with E-state index in [2.05, 4.69) is 27.4 Å². The first-order chi connectivity index (χ1) is 17.4. The van der Waals surface area contributed by atoms with Gasteiger partial charge in [-0.05, 0) is 39.7 Å². The summed E-state index contributed by atoms with van der Waals surface area (Å²) in [5.74, 6) is -0.257. The maximum Gasteiger partial charge on any atom is 0.254 e. The van der Waals surface area contributed by atoms with Gasteiger partial charge in [-0.15, -0.1) is 11.3 Å². The number of amides is 2. The number of thiazole rings is 1. The monoisotopic (exact) mass is 480 g/mol. The third kappa shape index (κ3) is 3.87. The number of fused-ring (bicyclic) bond motifs is 3.